The first-order valence-electron chi connectivity index (χ1n) is 8.42. The molecule has 0 bridgehead atoms. The molecule has 0 spiro atoms. The Hall–Kier alpha value is -3.19. The van der Waals surface area contributed by atoms with Crippen molar-refractivity contribution in [3.8, 4) is 0 Å². The number of rotatable bonds is 7. The molecule has 0 aliphatic carbocycles. The average Bonchev–Trinajstić information content (AvgIpc) is 3.20. The van der Waals surface area contributed by atoms with Gasteiger partial charge in [0, 0.05) is 18.0 Å². The summed E-state index contributed by atoms with van der Waals surface area (Å²) < 4.78 is 5.24. The van der Waals surface area contributed by atoms with Crippen molar-refractivity contribution in [2.24, 2.45) is 0 Å². The van der Waals surface area contributed by atoms with Crippen LogP contribution in [0.1, 0.15) is 11.1 Å². The van der Waals surface area contributed by atoms with Gasteiger partial charge < -0.3 is 15.4 Å². The van der Waals surface area contributed by atoms with Crippen molar-refractivity contribution in [3.63, 3.8) is 0 Å². The first kappa shape index (κ1) is 18.6. The highest BCUT2D eigenvalue weighted by molar-refractivity contribution is 7.13. The number of anilines is 1. The topological polar surface area (TPSA) is 80.3 Å². The molecule has 0 fully saturated rings. The first-order chi connectivity index (χ1) is 13.2. The van der Waals surface area contributed by atoms with Gasteiger partial charge in [0.15, 0.2) is 5.13 Å². The van der Waals surface area contributed by atoms with Crippen LogP contribution in [0.15, 0.2) is 72.2 Å². The van der Waals surface area contributed by atoms with Crippen LogP contribution in [-0.4, -0.2) is 23.0 Å². The Balaban J connectivity index is 1.63. The fourth-order valence-corrected chi connectivity index (χ4v) is 2.98. The highest BCUT2D eigenvalue weighted by Crippen LogP contribution is 2.12. The molecular formula is C20H19N3O3S. The van der Waals surface area contributed by atoms with Crippen molar-refractivity contribution in [3.05, 3.63) is 83.4 Å². The van der Waals surface area contributed by atoms with Crippen LogP contribution in [0.3, 0.4) is 0 Å². The molecule has 6 nitrogen and oxygen atoms in total. The summed E-state index contributed by atoms with van der Waals surface area (Å²) >= 11 is 1.31. The van der Waals surface area contributed by atoms with Gasteiger partial charge in [0.05, 0.1) is 0 Å². The quantitative estimate of drug-likeness (QED) is 0.655. The number of thiazole rings is 1. The number of carbonyl (C=O) groups excluding carboxylic acids is 2. The fourth-order valence-electron chi connectivity index (χ4n) is 2.44. The number of aromatic nitrogens is 1. The van der Waals surface area contributed by atoms with Crippen LogP contribution in [-0.2, 0) is 22.6 Å². The van der Waals surface area contributed by atoms with Crippen molar-refractivity contribution in [1.82, 2.24) is 10.3 Å². The molecule has 2 N–H and O–H groups in total. The SMILES string of the molecule is O=C(NC(Cc1ccccc1)C(=O)Nc1nccs1)OCc1ccccc1. The van der Waals surface area contributed by atoms with Gasteiger partial charge in [-0.1, -0.05) is 60.7 Å². The summed E-state index contributed by atoms with van der Waals surface area (Å²) in [4.78, 5) is 28.9. The minimum absolute atomic E-state index is 0.138. The summed E-state index contributed by atoms with van der Waals surface area (Å²) in [7, 11) is 0. The van der Waals surface area contributed by atoms with Gasteiger partial charge in [-0.25, -0.2) is 9.78 Å². The predicted molar refractivity (Wildman–Crippen MR) is 104 cm³/mol. The number of nitrogens with zero attached hydrogens (tertiary/aromatic N) is 1. The van der Waals surface area contributed by atoms with Crippen molar-refractivity contribution >= 4 is 28.5 Å². The van der Waals surface area contributed by atoms with E-state index in [2.05, 4.69) is 15.6 Å². The zero-order chi connectivity index (χ0) is 18.9. The van der Waals surface area contributed by atoms with Gasteiger partial charge in [-0.05, 0) is 11.1 Å². The molecule has 0 aliphatic heterocycles. The third-order valence-corrected chi connectivity index (χ3v) is 4.45. The number of ether oxygens (including phenoxy) is 1. The third kappa shape index (κ3) is 5.93. The van der Waals surface area contributed by atoms with E-state index in [0.717, 1.165) is 11.1 Å². The lowest BCUT2D eigenvalue weighted by Gasteiger charge is -2.18. The van der Waals surface area contributed by atoms with Gasteiger partial charge in [0.2, 0.25) is 5.91 Å². The number of carbonyl (C=O) groups is 2. The Morgan fingerprint density at radius 3 is 2.30 bits per heavy atom. The van der Waals surface area contributed by atoms with Crippen LogP contribution in [0.4, 0.5) is 9.93 Å². The molecule has 138 valence electrons. The van der Waals surface area contributed by atoms with Crippen molar-refractivity contribution in [1.29, 1.82) is 0 Å². The van der Waals surface area contributed by atoms with E-state index < -0.39 is 12.1 Å². The van der Waals surface area contributed by atoms with Gasteiger partial charge >= 0.3 is 6.09 Å². The summed E-state index contributed by atoms with van der Waals surface area (Å²) in [6.07, 6.45) is 1.31. The Morgan fingerprint density at radius 2 is 1.67 bits per heavy atom. The minimum Gasteiger partial charge on any atom is -0.445 e. The Morgan fingerprint density at radius 1 is 1.00 bits per heavy atom. The lowest BCUT2D eigenvalue weighted by atomic mass is 10.1. The van der Waals surface area contributed by atoms with Gasteiger partial charge in [0.25, 0.3) is 0 Å². The molecule has 0 saturated carbocycles. The number of hydrogen-bond acceptors (Lipinski definition) is 5. The van der Waals surface area contributed by atoms with Gasteiger partial charge in [-0.15, -0.1) is 11.3 Å². The first-order valence-corrected chi connectivity index (χ1v) is 9.30. The predicted octanol–water partition coefficient (Wildman–Crippen LogP) is 3.62. The number of alkyl carbamates (subject to hydrolysis) is 1. The molecule has 2 amide bonds. The molecule has 1 aromatic heterocycles. The highest BCUT2D eigenvalue weighted by Gasteiger charge is 2.22. The van der Waals surface area contributed by atoms with Crippen LogP contribution in [0, 0.1) is 0 Å². The smallest absolute Gasteiger partial charge is 0.408 e. The van der Waals surface area contributed by atoms with E-state index in [1.165, 1.54) is 11.3 Å². The number of nitrogens with one attached hydrogen (secondary N) is 2. The maximum Gasteiger partial charge on any atom is 0.408 e. The third-order valence-electron chi connectivity index (χ3n) is 3.77. The van der Waals surface area contributed by atoms with E-state index in [4.69, 9.17) is 4.74 Å². The summed E-state index contributed by atoms with van der Waals surface area (Å²) in [6.45, 7) is 0.138. The molecule has 7 heteroatoms. The Bertz CT molecular complexity index is 855. The number of amides is 2. The van der Waals surface area contributed by atoms with Gasteiger partial charge in [-0.2, -0.15) is 0 Å². The molecule has 3 rings (SSSR count). The van der Waals surface area contributed by atoms with E-state index in [1.54, 1.807) is 11.6 Å². The monoisotopic (exact) mass is 381 g/mol. The molecular weight excluding hydrogens is 362 g/mol. The summed E-state index contributed by atoms with van der Waals surface area (Å²) in [6, 6.07) is 18.1. The summed E-state index contributed by atoms with van der Waals surface area (Å²) in [5, 5.41) is 7.62. The van der Waals surface area contributed by atoms with Crippen LogP contribution in [0.5, 0.6) is 0 Å². The minimum atomic E-state index is -0.778. The molecule has 27 heavy (non-hydrogen) atoms. The molecule has 1 atom stereocenters. The molecule has 2 aromatic carbocycles. The molecule has 1 unspecified atom stereocenters. The molecule has 0 radical (unpaired) electrons. The second kappa shape index (κ2) is 9.49. The fraction of sp³-hybridized carbons (Fsp3) is 0.150. The lowest BCUT2D eigenvalue weighted by Crippen LogP contribution is -2.45. The zero-order valence-electron chi connectivity index (χ0n) is 14.5. The zero-order valence-corrected chi connectivity index (χ0v) is 15.3. The normalized spacial score (nSPS) is 11.4. The van der Waals surface area contributed by atoms with E-state index in [0.29, 0.717) is 11.6 Å². The summed E-state index contributed by atoms with van der Waals surface area (Å²) in [5.74, 6) is -0.342. The maximum atomic E-state index is 12.6. The van der Waals surface area contributed by atoms with Gasteiger partial charge in [-0.3, -0.25) is 4.79 Å². The number of hydrogen-bond donors (Lipinski definition) is 2. The van der Waals surface area contributed by atoms with Crippen molar-refractivity contribution in [2.45, 2.75) is 19.1 Å². The van der Waals surface area contributed by atoms with Gasteiger partial charge in [0.1, 0.15) is 12.6 Å². The summed E-state index contributed by atoms with van der Waals surface area (Å²) in [5.41, 5.74) is 1.81. The second-order valence-corrected chi connectivity index (χ2v) is 6.67. The van der Waals surface area contributed by atoms with E-state index >= 15 is 0 Å². The molecule has 0 saturated heterocycles. The van der Waals surface area contributed by atoms with E-state index in [-0.39, 0.29) is 12.5 Å². The maximum absolute atomic E-state index is 12.6. The molecule has 0 aliphatic rings. The van der Waals surface area contributed by atoms with Crippen LogP contribution in [0.2, 0.25) is 0 Å². The Labute approximate surface area is 161 Å². The lowest BCUT2D eigenvalue weighted by molar-refractivity contribution is -0.118. The number of benzene rings is 2. The van der Waals surface area contributed by atoms with E-state index in [9.17, 15) is 9.59 Å². The Kier molecular flexibility index (Phi) is 6.54. The van der Waals surface area contributed by atoms with E-state index in [1.807, 2.05) is 60.7 Å². The van der Waals surface area contributed by atoms with Crippen molar-refractivity contribution in [2.75, 3.05) is 5.32 Å². The molecule has 1 heterocycles. The van der Waals surface area contributed by atoms with Crippen LogP contribution >= 0.6 is 11.3 Å². The average molecular weight is 381 g/mol. The largest absolute Gasteiger partial charge is 0.445 e. The highest BCUT2D eigenvalue weighted by atomic mass is 32.1. The molecule has 3 aromatic rings. The van der Waals surface area contributed by atoms with Crippen LogP contribution < -0.4 is 10.6 Å². The standard InChI is InChI=1S/C20H19N3O3S/c24-18(23-19-21-11-12-27-19)17(13-15-7-3-1-4-8-15)22-20(25)26-14-16-9-5-2-6-10-16/h1-12,17H,13-14H2,(H,22,25)(H,21,23,24). The van der Waals surface area contributed by atoms with Crippen LogP contribution in [0.25, 0.3) is 0 Å². The second-order valence-electron chi connectivity index (χ2n) is 5.77. The van der Waals surface area contributed by atoms with Crippen molar-refractivity contribution < 1.29 is 14.3 Å².